The molecule has 1 spiro atoms. The minimum Gasteiger partial charge on any atom is -0.246 e. The standard InChI is InChI=1S/C20H23N3O2/c1-12-13(2)20-11-21-16(24)22(15-9-7-6-8-10-15)17(25)23(21)19(20,5)18(12,4)14(20)3/h6-10,14H,11H2,1-5H3/t14-,18-,19+,20+/m0/s1. The fraction of sp³-hybridized carbons (Fsp3) is 0.500. The molecule has 0 saturated heterocycles. The summed E-state index contributed by atoms with van der Waals surface area (Å²) in [7, 11) is 0. The lowest BCUT2D eigenvalue weighted by molar-refractivity contribution is -0.156. The van der Waals surface area contributed by atoms with E-state index in [0.717, 1.165) is 0 Å². The second-order valence-electron chi connectivity index (χ2n) is 8.32. The fourth-order valence-electron chi connectivity index (χ4n) is 6.73. The molecule has 0 unspecified atom stereocenters. The molecule has 4 atom stereocenters. The second kappa shape index (κ2) is 3.92. The summed E-state index contributed by atoms with van der Waals surface area (Å²) in [5.41, 5.74) is 2.37. The molecular weight excluding hydrogens is 314 g/mol. The lowest BCUT2D eigenvalue weighted by Crippen LogP contribution is -2.70. The normalized spacial score (nSPS) is 37.9. The van der Waals surface area contributed by atoms with Gasteiger partial charge in [-0.15, -0.1) is 0 Å². The van der Waals surface area contributed by atoms with Gasteiger partial charge in [0.15, 0.2) is 0 Å². The summed E-state index contributed by atoms with van der Waals surface area (Å²) in [6.07, 6.45) is 0. The molecule has 3 aliphatic carbocycles. The zero-order valence-corrected chi connectivity index (χ0v) is 15.3. The van der Waals surface area contributed by atoms with Crippen LogP contribution in [0.25, 0.3) is 5.69 Å². The highest BCUT2D eigenvalue weighted by molar-refractivity contribution is 5.52. The van der Waals surface area contributed by atoms with Gasteiger partial charge in [-0.05, 0) is 38.8 Å². The van der Waals surface area contributed by atoms with Crippen LogP contribution in [0.5, 0.6) is 0 Å². The molecule has 1 fully saturated rings. The minimum absolute atomic E-state index is 0.0888. The van der Waals surface area contributed by atoms with Gasteiger partial charge >= 0.3 is 11.4 Å². The van der Waals surface area contributed by atoms with E-state index in [-0.39, 0.29) is 27.7 Å². The van der Waals surface area contributed by atoms with Crippen LogP contribution >= 0.6 is 0 Å². The van der Waals surface area contributed by atoms with Crippen LogP contribution in [0.2, 0.25) is 0 Å². The number of hydrogen-bond donors (Lipinski definition) is 0. The molecule has 1 saturated carbocycles. The van der Waals surface area contributed by atoms with Crippen molar-refractivity contribution in [2.45, 2.75) is 46.7 Å². The van der Waals surface area contributed by atoms with Gasteiger partial charge < -0.3 is 0 Å². The Balaban J connectivity index is 1.83. The number of fused-ring (bicyclic) bond motifs is 1. The molecule has 2 bridgehead atoms. The molecule has 0 N–H and O–H groups in total. The van der Waals surface area contributed by atoms with Crippen LogP contribution < -0.4 is 11.4 Å². The van der Waals surface area contributed by atoms with Gasteiger partial charge in [-0.2, -0.15) is 0 Å². The van der Waals surface area contributed by atoms with E-state index in [9.17, 15) is 9.59 Å². The molecule has 1 aromatic heterocycles. The fourth-order valence-corrected chi connectivity index (χ4v) is 6.73. The summed E-state index contributed by atoms with van der Waals surface area (Å²) in [4.78, 5) is 26.4. The van der Waals surface area contributed by atoms with Crippen LogP contribution in [0, 0.1) is 16.7 Å². The van der Waals surface area contributed by atoms with E-state index in [1.165, 1.54) is 15.7 Å². The van der Waals surface area contributed by atoms with Crippen LogP contribution in [-0.4, -0.2) is 13.9 Å². The third-order valence-corrected chi connectivity index (χ3v) is 8.36. The van der Waals surface area contributed by atoms with E-state index >= 15 is 0 Å². The maximum Gasteiger partial charge on any atom is 0.352 e. The first-order chi connectivity index (χ1) is 11.7. The molecule has 2 aromatic rings. The van der Waals surface area contributed by atoms with Crippen molar-refractivity contribution in [2.75, 3.05) is 0 Å². The molecule has 1 aromatic carbocycles. The topological polar surface area (TPSA) is 48.9 Å². The molecule has 6 rings (SSSR count). The molecule has 5 nitrogen and oxygen atoms in total. The summed E-state index contributed by atoms with van der Waals surface area (Å²) in [6, 6.07) is 9.21. The number of allylic oxidation sites excluding steroid dienone is 2. The largest absolute Gasteiger partial charge is 0.352 e. The van der Waals surface area contributed by atoms with Crippen LogP contribution in [0.1, 0.15) is 34.6 Å². The van der Waals surface area contributed by atoms with Crippen molar-refractivity contribution < 1.29 is 0 Å². The van der Waals surface area contributed by atoms with Crippen molar-refractivity contribution in [1.82, 2.24) is 13.9 Å². The first-order valence-corrected chi connectivity index (χ1v) is 8.94. The molecule has 130 valence electrons. The van der Waals surface area contributed by atoms with Gasteiger partial charge in [-0.25, -0.2) is 23.5 Å². The molecule has 25 heavy (non-hydrogen) atoms. The van der Waals surface area contributed by atoms with Crippen molar-refractivity contribution in [2.24, 2.45) is 16.7 Å². The Bertz CT molecular complexity index is 1090. The summed E-state index contributed by atoms with van der Waals surface area (Å²) in [5.74, 6) is 0.432. The third-order valence-electron chi connectivity index (χ3n) is 8.36. The van der Waals surface area contributed by atoms with Gasteiger partial charge in [0.1, 0.15) is 0 Å². The number of hydrogen-bond acceptors (Lipinski definition) is 2. The number of benzene rings is 1. The molecule has 5 heteroatoms. The highest BCUT2D eigenvalue weighted by Crippen LogP contribution is 2.82. The van der Waals surface area contributed by atoms with Gasteiger partial charge in [-0.3, -0.25) is 0 Å². The zero-order chi connectivity index (χ0) is 17.9. The van der Waals surface area contributed by atoms with Gasteiger partial charge in [-0.1, -0.05) is 43.2 Å². The predicted molar refractivity (Wildman–Crippen MR) is 96.0 cm³/mol. The summed E-state index contributed by atoms with van der Waals surface area (Å²) in [5, 5.41) is 0. The van der Waals surface area contributed by atoms with Gasteiger partial charge in [0, 0.05) is 10.8 Å². The van der Waals surface area contributed by atoms with Crippen molar-refractivity contribution >= 4 is 0 Å². The second-order valence-corrected chi connectivity index (χ2v) is 8.32. The van der Waals surface area contributed by atoms with E-state index in [1.54, 1.807) is 9.36 Å². The van der Waals surface area contributed by atoms with Gasteiger partial charge in [0.25, 0.3) is 0 Å². The molecule has 0 radical (unpaired) electrons. The Labute approximate surface area is 146 Å². The molecule has 1 aliphatic heterocycles. The number of rotatable bonds is 1. The minimum atomic E-state index is -0.371. The third kappa shape index (κ3) is 1.12. The van der Waals surface area contributed by atoms with Crippen LogP contribution in [0.4, 0.5) is 0 Å². The van der Waals surface area contributed by atoms with Crippen molar-refractivity contribution in [1.29, 1.82) is 0 Å². The first kappa shape index (κ1) is 15.0. The quantitative estimate of drug-likeness (QED) is 0.751. The van der Waals surface area contributed by atoms with E-state index < -0.39 is 0 Å². The zero-order valence-electron chi connectivity index (χ0n) is 15.3. The van der Waals surface area contributed by atoms with E-state index in [1.807, 2.05) is 30.3 Å². The lowest BCUT2D eigenvalue weighted by Gasteiger charge is -2.65. The molecular formula is C20H23N3O2. The number of para-hydroxylation sites is 1. The SMILES string of the molecule is CC1=C(C)[C@@]23Cn4c(=O)n(-c5ccccc5)c(=O)n4[C@]2(C)[C@]1(C)[C@@H]3C. The van der Waals surface area contributed by atoms with Crippen molar-refractivity contribution in [3.05, 3.63) is 62.4 Å². The Morgan fingerprint density at radius 1 is 1.00 bits per heavy atom. The first-order valence-electron chi connectivity index (χ1n) is 8.94. The molecule has 4 aliphatic rings. The lowest BCUT2D eigenvalue weighted by atomic mass is 9.39. The van der Waals surface area contributed by atoms with Gasteiger partial charge in [0.2, 0.25) is 0 Å². The molecule has 0 amide bonds. The van der Waals surface area contributed by atoms with E-state index in [0.29, 0.717) is 18.2 Å². The highest BCUT2D eigenvalue weighted by Gasteiger charge is 2.84. The van der Waals surface area contributed by atoms with E-state index in [4.69, 9.17) is 0 Å². The smallest absolute Gasteiger partial charge is 0.246 e. The van der Waals surface area contributed by atoms with Gasteiger partial charge in [0.05, 0.1) is 17.8 Å². The maximum atomic E-state index is 13.3. The predicted octanol–water partition coefficient (Wildman–Crippen LogP) is 2.52. The average Bonchev–Trinajstić information content (AvgIpc) is 3.11. The summed E-state index contributed by atoms with van der Waals surface area (Å²) < 4.78 is 4.77. The number of aromatic nitrogens is 3. The maximum absolute atomic E-state index is 13.3. The Morgan fingerprint density at radius 2 is 1.64 bits per heavy atom. The number of nitrogens with zero attached hydrogens (tertiary/aromatic N) is 3. The van der Waals surface area contributed by atoms with Crippen LogP contribution in [-0.2, 0) is 12.1 Å². The van der Waals surface area contributed by atoms with E-state index in [2.05, 4.69) is 34.6 Å². The Kier molecular flexibility index (Phi) is 2.35. The highest BCUT2D eigenvalue weighted by atomic mass is 16.2. The van der Waals surface area contributed by atoms with Crippen LogP contribution in [0.3, 0.4) is 0 Å². The van der Waals surface area contributed by atoms with Crippen LogP contribution in [0.15, 0.2) is 51.1 Å². The monoisotopic (exact) mass is 337 g/mol. The summed E-state index contributed by atoms with van der Waals surface area (Å²) in [6.45, 7) is 11.7. The summed E-state index contributed by atoms with van der Waals surface area (Å²) >= 11 is 0. The Morgan fingerprint density at radius 3 is 2.24 bits per heavy atom. The Hall–Kier alpha value is -2.30. The average molecular weight is 337 g/mol. The molecule has 2 heterocycles. The van der Waals surface area contributed by atoms with Crippen molar-refractivity contribution in [3.63, 3.8) is 0 Å². The van der Waals surface area contributed by atoms with Crippen molar-refractivity contribution in [3.8, 4) is 5.69 Å².